The number of hydrogen-bond donors (Lipinski definition) is 1. The Bertz CT molecular complexity index is 721. The lowest BCUT2D eigenvalue weighted by Gasteiger charge is -2.19. The van der Waals surface area contributed by atoms with E-state index in [9.17, 15) is 14.0 Å². The van der Waals surface area contributed by atoms with Crippen LogP contribution in [0.2, 0.25) is 0 Å². The average molecular weight is 332 g/mol. The first-order chi connectivity index (χ1) is 11.0. The molecule has 0 aliphatic carbocycles. The maximum atomic E-state index is 13.2. The fourth-order valence-corrected chi connectivity index (χ4v) is 2.89. The van der Waals surface area contributed by atoms with Gasteiger partial charge in [0.25, 0.3) is 5.91 Å². The van der Waals surface area contributed by atoms with Crippen molar-refractivity contribution in [2.45, 2.75) is 11.4 Å². The topological polar surface area (TPSA) is 63.4 Å². The lowest BCUT2D eigenvalue weighted by atomic mass is 10.1. The van der Waals surface area contributed by atoms with Crippen molar-refractivity contribution in [3.05, 3.63) is 65.5 Å². The molecule has 0 atom stereocenters. The van der Waals surface area contributed by atoms with E-state index in [1.165, 1.54) is 28.8 Å². The standard InChI is InChI=1S/C17H17FN2O2S/c1-20(10-12-5-4-6-13(18)9-12)17(22)14-7-2-3-8-15(14)23-11-16(19)21/h2-9H,10-11H2,1H3,(H2,19,21). The van der Waals surface area contributed by atoms with Gasteiger partial charge in [0.1, 0.15) is 5.82 Å². The largest absolute Gasteiger partial charge is 0.369 e. The van der Waals surface area contributed by atoms with Crippen LogP contribution >= 0.6 is 11.8 Å². The normalized spacial score (nSPS) is 10.3. The maximum Gasteiger partial charge on any atom is 0.255 e. The summed E-state index contributed by atoms with van der Waals surface area (Å²) in [5, 5.41) is 0. The molecule has 2 N–H and O–H groups in total. The molecule has 0 saturated carbocycles. The van der Waals surface area contributed by atoms with E-state index in [0.717, 1.165) is 0 Å². The smallest absolute Gasteiger partial charge is 0.255 e. The number of nitrogens with zero attached hydrogens (tertiary/aromatic N) is 1. The first kappa shape index (κ1) is 17.0. The molecule has 0 unspecified atom stereocenters. The van der Waals surface area contributed by atoms with Crippen molar-refractivity contribution in [3.8, 4) is 0 Å². The number of nitrogens with two attached hydrogens (primary N) is 1. The van der Waals surface area contributed by atoms with E-state index in [4.69, 9.17) is 5.73 Å². The average Bonchev–Trinajstić information content (AvgIpc) is 2.52. The van der Waals surface area contributed by atoms with E-state index in [1.807, 2.05) is 0 Å². The summed E-state index contributed by atoms with van der Waals surface area (Å²) in [5.74, 6) is -0.856. The minimum atomic E-state index is -0.439. The highest BCUT2D eigenvalue weighted by molar-refractivity contribution is 8.00. The van der Waals surface area contributed by atoms with Crippen molar-refractivity contribution >= 4 is 23.6 Å². The molecule has 0 heterocycles. The predicted molar refractivity (Wildman–Crippen MR) is 88.6 cm³/mol. The minimum Gasteiger partial charge on any atom is -0.369 e. The van der Waals surface area contributed by atoms with Gasteiger partial charge in [-0.05, 0) is 29.8 Å². The van der Waals surface area contributed by atoms with Crippen LogP contribution in [0.5, 0.6) is 0 Å². The molecule has 23 heavy (non-hydrogen) atoms. The first-order valence-electron chi connectivity index (χ1n) is 6.97. The van der Waals surface area contributed by atoms with Crippen LogP contribution < -0.4 is 5.73 Å². The Kier molecular flexibility index (Phi) is 5.76. The molecular formula is C17H17FN2O2S. The van der Waals surface area contributed by atoms with Crippen LogP contribution in [0.4, 0.5) is 4.39 Å². The van der Waals surface area contributed by atoms with Crippen LogP contribution in [0.25, 0.3) is 0 Å². The van der Waals surface area contributed by atoms with Gasteiger partial charge in [-0.15, -0.1) is 11.8 Å². The molecule has 6 heteroatoms. The lowest BCUT2D eigenvalue weighted by molar-refractivity contribution is -0.115. The number of benzene rings is 2. The van der Waals surface area contributed by atoms with Crippen LogP contribution in [0.15, 0.2) is 53.4 Å². The molecule has 2 amide bonds. The third-order valence-electron chi connectivity index (χ3n) is 3.14. The van der Waals surface area contributed by atoms with Gasteiger partial charge in [0, 0.05) is 18.5 Å². The van der Waals surface area contributed by atoms with Crippen LogP contribution in [-0.4, -0.2) is 29.5 Å². The Morgan fingerprint density at radius 2 is 1.91 bits per heavy atom. The summed E-state index contributed by atoms with van der Waals surface area (Å²) < 4.78 is 13.2. The summed E-state index contributed by atoms with van der Waals surface area (Å²) in [6, 6.07) is 13.2. The van der Waals surface area contributed by atoms with E-state index < -0.39 is 5.91 Å². The minimum absolute atomic E-state index is 0.109. The third-order valence-corrected chi connectivity index (χ3v) is 4.24. The van der Waals surface area contributed by atoms with Crippen LogP contribution in [0, 0.1) is 5.82 Å². The van der Waals surface area contributed by atoms with Gasteiger partial charge in [-0.2, -0.15) is 0 Å². The monoisotopic (exact) mass is 332 g/mol. The number of rotatable bonds is 6. The highest BCUT2D eigenvalue weighted by atomic mass is 32.2. The number of carbonyl (C=O) groups excluding carboxylic acids is 2. The van der Waals surface area contributed by atoms with E-state index in [2.05, 4.69) is 0 Å². The van der Waals surface area contributed by atoms with Crippen molar-refractivity contribution in [3.63, 3.8) is 0 Å². The first-order valence-corrected chi connectivity index (χ1v) is 7.96. The number of hydrogen-bond acceptors (Lipinski definition) is 3. The Hall–Kier alpha value is -2.34. The molecule has 120 valence electrons. The third kappa shape index (κ3) is 4.82. The van der Waals surface area contributed by atoms with Gasteiger partial charge in [0.15, 0.2) is 0 Å². The SMILES string of the molecule is CN(Cc1cccc(F)c1)C(=O)c1ccccc1SCC(N)=O. The Labute approximate surface area is 138 Å². The van der Waals surface area contributed by atoms with Crippen molar-refractivity contribution in [2.75, 3.05) is 12.8 Å². The van der Waals surface area contributed by atoms with Gasteiger partial charge < -0.3 is 10.6 Å². The fourth-order valence-electron chi connectivity index (χ4n) is 2.10. The van der Waals surface area contributed by atoms with Gasteiger partial charge in [-0.1, -0.05) is 24.3 Å². The molecule has 2 aromatic rings. The van der Waals surface area contributed by atoms with Gasteiger partial charge >= 0.3 is 0 Å². The fraction of sp³-hybridized carbons (Fsp3) is 0.176. The van der Waals surface area contributed by atoms with E-state index in [1.54, 1.807) is 43.4 Å². The molecular weight excluding hydrogens is 315 g/mol. The highest BCUT2D eigenvalue weighted by Crippen LogP contribution is 2.23. The molecule has 0 aliphatic heterocycles. The number of carbonyl (C=O) groups is 2. The summed E-state index contributed by atoms with van der Waals surface area (Å²) >= 11 is 1.23. The Morgan fingerprint density at radius 1 is 1.17 bits per heavy atom. The summed E-state index contributed by atoms with van der Waals surface area (Å²) in [5.41, 5.74) is 6.36. The molecule has 0 fully saturated rings. The molecule has 0 bridgehead atoms. The summed E-state index contributed by atoms with van der Waals surface area (Å²) in [4.78, 5) is 25.7. The quantitative estimate of drug-likeness (QED) is 0.827. The number of primary amides is 1. The van der Waals surface area contributed by atoms with Gasteiger partial charge in [0.2, 0.25) is 5.91 Å². The second kappa shape index (κ2) is 7.78. The molecule has 4 nitrogen and oxygen atoms in total. The van der Waals surface area contributed by atoms with E-state index >= 15 is 0 Å². The van der Waals surface area contributed by atoms with Crippen LogP contribution in [0.1, 0.15) is 15.9 Å². The van der Waals surface area contributed by atoms with Crippen LogP contribution in [-0.2, 0) is 11.3 Å². The zero-order valence-electron chi connectivity index (χ0n) is 12.7. The zero-order chi connectivity index (χ0) is 16.8. The van der Waals surface area contributed by atoms with E-state index in [0.29, 0.717) is 22.6 Å². The highest BCUT2D eigenvalue weighted by Gasteiger charge is 2.16. The van der Waals surface area contributed by atoms with Gasteiger partial charge in [-0.25, -0.2) is 4.39 Å². The zero-order valence-corrected chi connectivity index (χ0v) is 13.5. The van der Waals surface area contributed by atoms with Crippen molar-refractivity contribution in [2.24, 2.45) is 5.73 Å². The van der Waals surface area contributed by atoms with Crippen molar-refractivity contribution in [1.29, 1.82) is 0 Å². The van der Waals surface area contributed by atoms with Crippen LogP contribution in [0.3, 0.4) is 0 Å². The molecule has 0 radical (unpaired) electrons. The molecule has 2 aromatic carbocycles. The molecule has 0 aromatic heterocycles. The number of amides is 2. The van der Waals surface area contributed by atoms with Crippen molar-refractivity contribution < 1.29 is 14.0 Å². The molecule has 0 saturated heterocycles. The van der Waals surface area contributed by atoms with Crippen molar-refractivity contribution in [1.82, 2.24) is 4.90 Å². The summed E-state index contributed by atoms with van der Waals surface area (Å²) in [7, 11) is 1.66. The maximum absolute atomic E-state index is 13.2. The number of thioether (sulfide) groups is 1. The predicted octanol–water partition coefficient (Wildman–Crippen LogP) is 2.68. The summed E-state index contributed by atoms with van der Waals surface area (Å²) in [6.07, 6.45) is 0. The Balaban J connectivity index is 2.14. The number of halogens is 1. The Morgan fingerprint density at radius 3 is 2.61 bits per heavy atom. The van der Waals surface area contributed by atoms with Gasteiger partial charge in [0.05, 0.1) is 11.3 Å². The second-order valence-electron chi connectivity index (χ2n) is 5.04. The van der Waals surface area contributed by atoms with E-state index in [-0.39, 0.29) is 17.5 Å². The lowest BCUT2D eigenvalue weighted by Crippen LogP contribution is -2.26. The van der Waals surface area contributed by atoms with Gasteiger partial charge in [-0.3, -0.25) is 9.59 Å². The second-order valence-corrected chi connectivity index (χ2v) is 6.06. The molecule has 0 aliphatic rings. The molecule has 0 spiro atoms. The molecule has 2 rings (SSSR count). The summed E-state index contributed by atoms with van der Waals surface area (Å²) in [6.45, 7) is 0.297.